The van der Waals surface area contributed by atoms with E-state index in [4.69, 9.17) is 18.9 Å². The Morgan fingerprint density at radius 2 is 0.727 bits per heavy atom. The lowest BCUT2D eigenvalue weighted by atomic mass is 10.2. The topological polar surface area (TPSA) is 71.1 Å². The molecule has 6 nitrogen and oxygen atoms in total. The summed E-state index contributed by atoms with van der Waals surface area (Å²) in [5.74, 6) is -0.988. The van der Waals surface area contributed by atoms with Gasteiger partial charge in [-0.25, -0.2) is 0 Å². The summed E-state index contributed by atoms with van der Waals surface area (Å²) in [4.78, 5) is 23.4. The van der Waals surface area contributed by atoms with E-state index >= 15 is 0 Å². The van der Waals surface area contributed by atoms with Crippen LogP contribution in [0.5, 0.6) is 0 Å². The van der Waals surface area contributed by atoms with E-state index in [-0.39, 0.29) is 6.42 Å². The van der Waals surface area contributed by atoms with Crippen LogP contribution in [0.25, 0.3) is 0 Å². The molecular weight excluding hydrogens is 420 g/mol. The first kappa shape index (κ1) is 31.9. The standard InChI is InChI=1S/C27H52O6/c1-3-5-7-13-19-30-21-15-9-11-17-23-32-26(28)25-27(29)33-24-18-12-10-16-22-31-20-14-8-6-4-2/h3-25H2,1-2H3. The summed E-state index contributed by atoms with van der Waals surface area (Å²) in [6.07, 6.45) is 17.5. The molecule has 0 aromatic carbocycles. The lowest BCUT2D eigenvalue weighted by molar-refractivity contribution is -0.154. The van der Waals surface area contributed by atoms with Gasteiger partial charge >= 0.3 is 11.9 Å². The highest BCUT2D eigenvalue weighted by Crippen LogP contribution is 2.05. The van der Waals surface area contributed by atoms with Gasteiger partial charge in [-0.3, -0.25) is 9.59 Å². The number of carbonyl (C=O) groups excluding carboxylic acids is 2. The van der Waals surface area contributed by atoms with Crippen molar-refractivity contribution < 1.29 is 28.5 Å². The van der Waals surface area contributed by atoms with Gasteiger partial charge in [0.2, 0.25) is 0 Å². The van der Waals surface area contributed by atoms with Crippen LogP contribution in [0.15, 0.2) is 0 Å². The second-order valence-electron chi connectivity index (χ2n) is 8.79. The Hall–Kier alpha value is -1.14. The Balaban J connectivity index is 3.30. The highest BCUT2D eigenvalue weighted by atomic mass is 16.6. The zero-order valence-electron chi connectivity index (χ0n) is 21.7. The van der Waals surface area contributed by atoms with Crippen molar-refractivity contribution in [1.29, 1.82) is 0 Å². The van der Waals surface area contributed by atoms with Crippen molar-refractivity contribution in [2.45, 2.75) is 123 Å². The predicted molar refractivity (Wildman–Crippen MR) is 133 cm³/mol. The van der Waals surface area contributed by atoms with Crippen molar-refractivity contribution in [3.8, 4) is 0 Å². The van der Waals surface area contributed by atoms with Gasteiger partial charge in [0.25, 0.3) is 0 Å². The molecule has 0 unspecified atom stereocenters. The van der Waals surface area contributed by atoms with Crippen molar-refractivity contribution in [2.24, 2.45) is 0 Å². The molecule has 0 aromatic rings. The summed E-state index contributed by atoms with van der Waals surface area (Å²) in [6, 6.07) is 0. The van der Waals surface area contributed by atoms with Crippen LogP contribution in [-0.2, 0) is 28.5 Å². The highest BCUT2D eigenvalue weighted by Gasteiger charge is 2.11. The molecule has 0 amide bonds. The molecule has 0 N–H and O–H groups in total. The van der Waals surface area contributed by atoms with Gasteiger partial charge in [-0.1, -0.05) is 65.2 Å². The number of hydrogen-bond donors (Lipinski definition) is 0. The summed E-state index contributed by atoms with van der Waals surface area (Å²) in [5, 5.41) is 0. The van der Waals surface area contributed by atoms with Crippen LogP contribution in [0.1, 0.15) is 123 Å². The fourth-order valence-electron chi connectivity index (χ4n) is 3.38. The molecule has 0 saturated heterocycles. The van der Waals surface area contributed by atoms with Crippen molar-refractivity contribution in [1.82, 2.24) is 0 Å². The van der Waals surface area contributed by atoms with Gasteiger partial charge in [0.1, 0.15) is 6.42 Å². The third-order valence-corrected chi connectivity index (χ3v) is 5.47. The molecule has 6 heteroatoms. The van der Waals surface area contributed by atoms with E-state index in [1.807, 2.05) is 0 Å². The van der Waals surface area contributed by atoms with Crippen LogP contribution < -0.4 is 0 Å². The van der Waals surface area contributed by atoms with E-state index in [2.05, 4.69) is 13.8 Å². The van der Waals surface area contributed by atoms with E-state index in [1.54, 1.807) is 0 Å². The minimum absolute atomic E-state index is 0.294. The molecule has 0 radical (unpaired) electrons. The minimum atomic E-state index is -0.494. The molecule has 0 atom stereocenters. The third-order valence-electron chi connectivity index (χ3n) is 5.47. The Bertz CT molecular complexity index is 389. The van der Waals surface area contributed by atoms with Crippen LogP contribution in [0, 0.1) is 0 Å². The zero-order chi connectivity index (χ0) is 24.2. The molecule has 0 fully saturated rings. The van der Waals surface area contributed by atoms with E-state index < -0.39 is 11.9 Å². The first-order valence-electron chi connectivity index (χ1n) is 13.7. The Morgan fingerprint density at radius 3 is 1.06 bits per heavy atom. The average Bonchev–Trinajstić information content (AvgIpc) is 2.80. The maximum atomic E-state index is 11.7. The molecule has 0 saturated carbocycles. The molecule has 0 rings (SSSR count). The number of hydrogen-bond acceptors (Lipinski definition) is 6. The van der Waals surface area contributed by atoms with Crippen molar-refractivity contribution in [3.05, 3.63) is 0 Å². The minimum Gasteiger partial charge on any atom is -0.465 e. The lowest BCUT2D eigenvalue weighted by Gasteiger charge is -2.07. The van der Waals surface area contributed by atoms with Crippen LogP contribution in [0.4, 0.5) is 0 Å². The van der Waals surface area contributed by atoms with Gasteiger partial charge in [-0.05, 0) is 51.4 Å². The molecule has 0 aliphatic rings. The molecule has 0 aliphatic heterocycles. The fourth-order valence-corrected chi connectivity index (χ4v) is 3.38. The second kappa shape index (κ2) is 27.1. The summed E-state index contributed by atoms with van der Waals surface area (Å²) < 4.78 is 21.5. The van der Waals surface area contributed by atoms with Crippen LogP contribution >= 0.6 is 0 Å². The molecular formula is C27H52O6. The highest BCUT2D eigenvalue weighted by molar-refractivity contribution is 5.91. The smallest absolute Gasteiger partial charge is 0.317 e. The lowest BCUT2D eigenvalue weighted by Crippen LogP contribution is -2.15. The summed E-state index contributed by atoms with van der Waals surface area (Å²) >= 11 is 0. The first-order chi connectivity index (χ1) is 16.2. The first-order valence-corrected chi connectivity index (χ1v) is 13.7. The van der Waals surface area contributed by atoms with Gasteiger partial charge in [-0.15, -0.1) is 0 Å². The maximum absolute atomic E-state index is 11.7. The van der Waals surface area contributed by atoms with Gasteiger partial charge < -0.3 is 18.9 Å². The Morgan fingerprint density at radius 1 is 0.424 bits per heavy atom. The zero-order valence-corrected chi connectivity index (χ0v) is 21.7. The van der Waals surface area contributed by atoms with Gasteiger partial charge in [0.15, 0.2) is 0 Å². The van der Waals surface area contributed by atoms with E-state index in [9.17, 15) is 9.59 Å². The summed E-state index contributed by atoms with van der Waals surface area (Å²) in [6.45, 7) is 8.50. The Labute approximate surface area is 203 Å². The van der Waals surface area contributed by atoms with E-state index in [1.165, 1.54) is 38.5 Å². The van der Waals surface area contributed by atoms with Crippen molar-refractivity contribution >= 4 is 11.9 Å². The molecule has 0 spiro atoms. The summed E-state index contributed by atoms with van der Waals surface area (Å²) in [5.41, 5.74) is 0. The number of esters is 2. The molecule has 0 bridgehead atoms. The molecule has 0 aliphatic carbocycles. The number of rotatable bonds is 26. The normalized spacial score (nSPS) is 11.0. The van der Waals surface area contributed by atoms with Gasteiger partial charge in [-0.2, -0.15) is 0 Å². The molecule has 0 heterocycles. The maximum Gasteiger partial charge on any atom is 0.317 e. The second-order valence-corrected chi connectivity index (χ2v) is 8.79. The number of unbranched alkanes of at least 4 members (excludes halogenated alkanes) is 12. The van der Waals surface area contributed by atoms with E-state index in [0.717, 1.165) is 90.6 Å². The fraction of sp³-hybridized carbons (Fsp3) is 0.926. The van der Waals surface area contributed by atoms with Crippen molar-refractivity contribution in [2.75, 3.05) is 39.6 Å². The SMILES string of the molecule is CCCCCCOCCCCCCOC(=O)CC(=O)OCCCCCCOCCCCCC. The monoisotopic (exact) mass is 472 g/mol. The Kier molecular flexibility index (Phi) is 26.2. The predicted octanol–water partition coefficient (Wildman–Crippen LogP) is 6.78. The average molecular weight is 473 g/mol. The van der Waals surface area contributed by atoms with Crippen LogP contribution in [0.2, 0.25) is 0 Å². The van der Waals surface area contributed by atoms with Gasteiger partial charge in [0.05, 0.1) is 13.2 Å². The number of carbonyl (C=O) groups is 2. The number of ether oxygens (including phenoxy) is 4. The molecule has 196 valence electrons. The van der Waals surface area contributed by atoms with Crippen LogP contribution in [-0.4, -0.2) is 51.6 Å². The van der Waals surface area contributed by atoms with Crippen LogP contribution in [0.3, 0.4) is 0 Å². The largest absolute Gasteiger partial charge is 0.465 e. The van der Waals surface area contributed by atoms with E-state index in [0.29, 0.717) is 13.2 Å². The quantitative estimate of drug-likeness (QED) is 0.0785. The third kappa shape index (κ3) is 27.0. The molecule has 0 aromatic heterocycles. The summed E-state index contributed by atoms with van der Waals surface area (Å²) in [7, 11) is 0. The van der Waals surface area contributed by atoms with Crippen molar-refractivity contribution in [3.63, 3.8) is 0 Å². The van der Waals surface area contributed by atoms with Gasteiger partial charge in [0, 0.05) is 26.4 Å². The molecule has 33 heavy (non-hydrogen) atoms.